The quantitative estimate of drug-likeness (QED) is 0.240. The van der Waals surface area contributed by atoms with Crippen LogP contribution in [-0.4, -0.2) is 43.2 Å². The van der Waals surface area contributed by atoms with Crippen molar-refractivity contribution in [3.8, 4) is 0 Å². The molecule has 0 radical (unpaired) electrons. The van der Waals surface area contributed by atoms with Gasteiger partial charge in [0.2, 0.25) is 5.89 Å². The Morgan fingerprint density at radius 2 is 1.68 bits per heavy atom. The van der Waals surface area contributed by atoms with Gasteiger partial charge in [0.25, 0.3) is 5.56 Å². The number of nitrogens with zero attached hydrogens (tertiary/aromatic N) is 5. The van der Waals surface area contributed by atoms with E-state index in [0.717, 1.165) is 12.1 Å². The summed E-state index contributed by atoms with van der Waals surface area (Å²) in [6, 6.07) is 18.3. The summed E-state index contributed by atoms with van der Waals surface area (Å²) in [4.78, 5) is 25.1. The summed E-state index contributed by atoms with van der Waals surface area (Å²) in [5.74, 6) is 1.62. The SMILES string of the molecule is CC(C)N(CCn1c(SCc2nc(Cc3ccccc3)no2)nc2ccccc2c1=O)C(C)C. The summed E-state index contributed by atoms with van der Waals surface area (Å²) >= 11 is 1.45. The van der Waals surface area contributed by atoms with E-state index in [2.05, 4.69) is 42.7 Å². The highest BCUT2D eigenvalue weighted by atomic mass is 32.2. The first-order valence-corrected chi connectivity index (χ1v) is 12.6. The Labute approximate surface area is 204 Å². The average Bonchev–Trinajstić information content (AvgIpc) is 3.26. The Morgan fingerprint density at radius 1 is 0.971 bits per heavy atom. The molecular weight excluding hydrogens is 446 g/mol. The van der Waals surface area contributed by atoms with Crippen LogP contribution in [0.5, 0.6) is 0 Å². The number of hydrogen-bond acceptors (Lipinski definition) is 7. The van der Waals surface area contributed by atoms with Gasteiger partial charge >= 0.3 is 0 Å². The van der Waals surface area contributed by atoms with Gasteiger partial charge in [-0.05, 0) is 45.4 Å². The van der Waals surface area contributed by atoms with Crippen LogP contribution in [0.4, 0.5) is 0 Å². The Kier molecular flexibility index (Phi) is 7.80. The van der Waals surface area contributed by atoms with Gasteiger partial charge in [0.1, 0.15) is 0 Å². The zero-order valence-electron chi connectivity index (χ0n) is 20.1. The van der Waals surface area contributed by atoms with Gasteiger partial charge in [-0.1, -0.05) is 59.4 Å². The predicted molar refractivity (Wildman–Crippen MR) is 136 cm³/mol. The highest BCUT2D eigenvalue weighted by molar-refractivity contribution is 7.98. The van der Waals surface area contributed by atoms with E-state index in [0.29, 0.717) is 58.6 Å². The second kappa shape index (κ2) is 11.0. The molecule has 2 aromatic heterocycles. The molecule has 0 spiro atoms. The standard InChI is InChI=1S/C26H31N5O2S/c1-18(2)30(19(3)4)14-15-31-25(32)21-12-8-9-13-22(21)27-26(31)34-17-24-28-23(29-33-24)16-20-10-6-5-7-11-20/h5-13,18-19H,14-17H2,1-4H3. The van der Waals surface area contributed by atoms with Gasteiger partial charge in [-0.25, -0.2) is 4.98 Å². The Morgan fingerprint density at radius 3 is 2.41 bits per heavy atom. The molecule has 0 bridgehead atoms. The molecule has 7 nitrogen and oxygen atoms in total. The van der Waals surface area contributed by atoms with Crippen LogP contribution in [0.3, 0.4) is 0 Å². The van der Waals surface area contributed by atoms with E-state index >= 15 is 0 Å². The normalized spacial score (nSPS) is 11.9. The van der Waals surface area contributed by atoms with E-state index in [9.17, 15) is 4.79 Å². The molecular formula is C26H31N5O2S. The fraction of sp³-hybridized carbons (Fsp3) is 0.385. The Balaban J connectivity index is 1.55. The van der Waals surface area contributed by atoms with Crippen LogP contribution >= 0.6 is 11.8 Å². The van der Waals surface area contributed by atoms with Gasteiger partial charge in [-0.15, -0.1) is 0 Å². The maximum atomic E-state index is 13.4. The zero-order valence-corrected chi connectivity index (χ0v) is 21.0. The lowest BCUT2D eigenvalue weighted by Gasteiger charge is -2.30. The monoisotopic (exact) mass is 477 g/mol. The lowest BCUT2D eigenvalue weighted by atomic mass is 10.1. The third-order valence-electron chi connectivity index (χ3n) is 5.77. The van der Waals surface area contributed by atoms with Crippen LogP contribution in [0.1, 0.15) is 45.0 Å². The smallest absolute Gasteiger partial charge is 0.262 e. The van der Waals surface area contributed by atoms with Gasteiger partial charge < -0.3 is 4.52 Å². The van der Waals surface area contributed by atoms with E-state index in [1.165, 1.54) is 11.8 Å². The number of aromatic nitrogens is 4. The zero-order chi connectivity index (χ0) is 24.1. The van der Waals surface area contributed by atoms with Crippen molar-refractivity contribution in [1.82, 2.24) is 24.6 Å². The molecule has 34 heavy (non-hydrogen) atoms. The molecule has 178 valence electrons. The predicted octanol–water partition coefficient (Wildman–Crippen LogP) is 4.78. The Bertz CT molecular complexity index is 1280. The van der Waals surface area contributed by atoms with Crippen molar-refractivity contribution in [2.24, 2.45) is 0 Å². The van der Waals surface area contributed by atoms with Crippen molar-refractivity contribution in [3.63, 3.8) is 0 Å². The van der Waals surface area contributed by atoms with E-state index in [-0.39, 0.29) is 5.56 Å². The van der Waals surface area contributed by atoms with Crippen molar-refractivity contribution in [1.29, 1.82) is 0 Å². The third kappa shape index (κ3) is 5.74. The van der Waals surface area contributed by atoms with Crippen molar-refractivity contribution >= 4 is 22.7 Å². The number of fused-ring (bicyclic) bond motifs is 1. The first kappa shape index (κ1) is 24.2. The van der Waals surface area contributed by atoms with Gasteiger partial charge in [-0.2, -0.15) is 4.98 Å². The summed E-state index contributed by atoms with van der Waals surface area (Å²) in [5, 5.41) is 5.42. The molecule has 8 heteroatoms. The summed E-state index contributed by atoms with van der Waals surface area (Å²) < 4.78 is 7.26. The van der Waals surface area contributed by atoms with E-state index in [1.54, 1.807) is 4.57 Å². The molecule has 0 aliphatic heterocycles. The van der Waals surface area contributed by atoms with Crippen LogP contribution < -0.4 is 5.56 Å². The molecule has 0 aliphatic rings. The molecule has 0 N–H and O–H groups in total. The molecule has 2 aromatic carbocycles. The lowest BCUT2D eigenvalue weighted by Crippen LogP contribution is -2.40. The van der Waals surface area contributed by atoms with E-state index < -0.39 is 0 Å². The minimum absolute atomic E-state index is 0.0177. The molecule has 0 fully saturated rings. The molecule has 0 saturated heterocycles. The van der Waals surface area contributed by atoms with Crippen molar-refractivity contribution < 1.29 is 4.52 Å². The number of benzene rings is 2. The minimum Gasteiger partial charge on any atom is -0.338 e. The first-order chi connectivity index (χ1) is 16.4. The minimum atomic E-state index is -0.0177. The van der Waals surface area contributed by atoms with Crippen LogP contribution in [-0.2, 0) is 18.7 Å². The maximum Gasteiger partial charge on any atom is 0.262 e. The number of rotatable bonds is 10. The van der Waals surface area contributed by atoms with Gasteiger partial charge in [0, 0.05) is 31.6 Å². The number of hydrogen-bond donors (Lipinski definition) is 0. The summed E-state index contributed by atoms with van der Waals surface area (Å²) in [6.45, 7) is 10.1. The average molecular weight is 478 g/mol. The van der Waals surface area contributed by atoms with E-state index in [1.807, 2.05) is 54.6 Å². The molecule has 0 saturated carbocycles. The second-order valence-electron chi connectivity index (χ2n) is 8.85. The molecule has 4 aromatic rings. The van der Waals surface area contributed by atoms with Crippen LogP contribution in [0.25, 0.3) is 10.9 Å². The molecule has 0 aliphatic carbocycles. The number of para-hydroxylation sites is 1. The fourth-order valence-corrected chi connectivity index (χ4v) is 4.97. The summed E-state index contributed by atoms with van der Waals surface area (Å²) in [7, 11) is 0. The Hall–Kier alpha value is -2.97. The van der Waals surface area contributed by atoms with Gasteiger partial charge in [-0.3, -0.25) is 14.3 Å². The fourth-order valence-electron chi connectivity index (χ4n) is 4.11. The van der Waals surface area contributed by atoms with E-state index in [4.69, 9.17) is 9.51 Å². The van der Waals surface area contributed by atoms with Gasteiger partial charge in [0.05, 0.1) is 16.7 Å². The second-order valence-corrected chi connectivity index (χ2v) is 9.79. The molecule has 4 rings (SSSR count). The molecule has 0 atom stereocenters. The van der Waals surface area contributed by atoms with Crippen LogP contribution in [0.15, 0.2) is 69.1 Å². The highest BCUT2D eigenvalue weighted by Gasteiger charge is 2.17. The molecule has 2 heterocycles. The third-order valence-corrected chi connectivity index (χ3v) is 6.74. The highest BCUT2D eigenvalue weighted by Crippen LogP contribution is 2.22. The van der Waals surface area contributed by atoms with Crippen molar-refractivity contribution in [2.75, 3.05) is 6.54 Å². The topological polar surface area (TPSA) is 77.1 Å². The molecule has 0 amide bonds. The van der Waals surface area contributed by atoms with Crippen molar-refractivity contribution in [3.05, 3.63) is 82.2 Å². The van der Waals surface area contributed by atoms with Gasteiger partial charge in [0.15, 0.2) is 11.0 Å². The van der Waals surface area contributed by atoms with Crippen molar-refractivity contribution in [2.45, 2.75) is 63.7 Å². The number of thioether (sulfide) groups is 1. The first-order valence-electron chi connectivity index (χ1n) is 11.7. The van der Waals surface area contributed by atoms with Crippen LogP contribution in [0.2, 0.25) is 0 Å². The summed E-state index contributed by atoms with van der Waals surface area (Å²) in [6.07, 6.45) is 0.619. The largest absolute Gasteiger partial charge is 0.338 e. The summed E-state index contributed by atoms with van der Waals surface area (Å²) in [5.41, 5.74) is 1.81. The molecule has 0 unspecified atom stereocenters. The lowest BCUT2D eigenvalue weighted by molar-refractivity contribution is 0.166. The van der Waals surface area contributed by atoms with Crippen LogP contribution in [0, 0.1) is 0 Å². The maximum absolute atomic E-state index is 13.4.